The van der Waals surface area contributed by atoms with E-state index >= 15 is 0 Å². The van der Waals surface area contributed by atoms with Gasteiger partial charge in [-0.3, -0.25) is 14.5 Å². The van der Waals surface area contributed by atoms with Crippen molar-refractivity contribution in [2.75, 3.05) is 56.6 Å². The van der Waals surface area contributed by atoms with E-state index in [1.807, 2.05) is 6.07 Å². The molecule has 9 nitrogen and oxygen atoms in total. The number of benzene rings is 2. The van der Waals surface area contributed by atoms with Crippen LogP contribution in [-0.2, 0) is 15.1 Å². The van der Waals surface area contributed by atoms with Gasteiger partial charge < -0.3 is 25.2 Å². The highest BCUT2D eigenvalue weighted by Gasteiger charge is 2.49. The van der Waals surface area contributed by atoms with Crippen molar-refractivity contribution in [1.82, 2.24) is 15.1 Å². The van der Waals surface area contributed by atoms with E-state index in [2.05, 4.69) is 27.4 Å². The zero-order valence-electron chi connectivity index (χ0n) is 20.1. The summed E-state index contributed by atoms with van der Waals surface area (Å²) in [4.78, 5) is 44.3. The highest BCUT2D eigenvalue weighted by atomic mass is 35.5. The monoisotopic (exact) mass is 499 g/mol. The third-order valence-electron chi connectivity index (χ3n) is 6.64. The van der Waals surface area contributed by atoms with E-state index in [4.69, 9.17) is 16.3 Å². The normalized spacial score (nSPS) is 20.7. The number of carbonyl (C=O) groups is 3. The van der Waals surface area contributed by atoms with E-state index in [1.54, 1.807) is 50.4 Å². The number of methoxy groups -OCH3 is 1. The van der Waals surface area contributed by atoms with E-state index in [0.29, 0.717) is 22.0 Å². The second kappa shape index (κ2) is 10.1. The topological polar surface area (TPSA) is 94.2 Å². The van der Waals surface area contributed by atoms with Crippen LogP contribution in [0.5, 0.6) is 5.75 Å². The number of imide groups is 1. The first-order valence-corrected chi connectivity index (χ1v) is 12.0. The van der Waals surface area contributed by atoms with E-state index < -0.39 is 29.9 Å². The number of halogens is 1. The molecule has 2 N–H and O–H groups in total. The van der Waals surface area contributed by atoms with Gasteiger partial charge in [0.1, 0.15) is 17.8 Å². The molecule has 4 rings (SSSR count). The van der Waals surface area contributed by atoms with Crippen molar-refractivity contribution < 1.29 is 19.1 Å². The maximum absolute atomic E-state index is 13.2. The van der Waals surface area contributed by atoms with Gasteiger partial charge in [-0.05, 0) is 49.4 Å². The van der Waals surface area contributed by atoms with Crippen LogP contribution in [0.15, 0.2) is 42.5 Å². The highest BCUT2D eigenvalue weighted by molar-refractivity contribution is 6.31. The van der Waals surface area contributed by atoms with Crippen LogP contribution in [0.3, 0.4) is 0 Å². The molecule has 35 heavy (non-hydrogen) atoms. The number of nitrogens with one attached hydrogen (secondary N) is 2. The summed E-state index contributed by atoms with van der Waals surface area (Å²) in [5, 5.41) is 6.06. The third-order valence-corrected chi connectivity index (χ3v) is 6.87. The Balaban J connectivity index is 1.47. The van der Waals surface area contributed by atoms with Crippen molar-refractivity contribution >= 4 is 40.8 Å². The van der Waals surface area contributed by atoms with Crippen LogP contribution in [-0.4, -0.2) is 74.0 Å². The van der Waals surface area contributed by atoms with Crippen molar-refractivity contribution in [2.24, 2.45) is 0 Å². The molecule has 186 valence electrons. The Morgan fingerprint density at radius 3 is 2.43 bits per heavy atom. The number of likely N-dealkylation sites (N-methyl/N-ethyl adjacent to an activating group) is 1. The van der Waals surface area contributed by atoms with Crippen molar-refractivity contribution in [2.45, 2.75) is 19.4 Å². The zero-order valence-corrected chi connectivity index (χ0v) is 20.9. The van der Waals surface area contributed by atoms with E-state index in [9.17, 15) is 14.4 Å². The minimum absolute atomic E-state index is 0.411. The molecule has 0 radical (unpaired) electrons. The van der Waals surface area contributed by atoms with Crippen molar-refractivity contribution in [3.63, 3.8) is 0 Å². The maximum atomic E-state index is 13.2. The molecule has 2 aromatic carbocycles. The van der Waals surface area contributed by atoms with Gasteiger partial charge >= 0.3 is 6.03 Å². The molecule has 2 aromatic rings. The Morgan fingerprint density at radius 1 is 1.11 bits per heavy atom. The van der Waals surface area contributed by atoms with Crippen LogP contribution in [0.2, 0.25) is 5.02 Å². The van der Waals surface area contributed by atoms with Crippen LogP contribution in [0.1, 0.15) is 19.4 Å². The lowest BCUT2D eigenvalue weighted by Crippen LogP contribution is -2.46. The van der Waals surface area contributed by atoms with Crippen LogP contribution in [0.4, 0.5) is 16.2 Å². The van der Waals surface area contributed by atoms with Gasteiger partial charge in [-0.25, -0.2) is 4.79 Å². The fraction of sp³-hybridized carbons (Fsp3) is 0.400. The van der Waals surface area contributed by atoms with Crippen LogP contribution >= 0.6 is 11.6 Å². The number of piperazine rings is 1. The number of rotatable bonds is 7. The molecule has 0 aliphatic carbocycles. The minimum atomic E-state index is -1.27. The van der Waals surface area contributed by atoms with Gasteiger partial charge in [0.25, 0.3) is 5.91 Å². The largest absolute Gasteiger partial charge is 0.497 e. The van der Waals surface area contributed by atoms with Gasteiger partial charge in [0, 0.05) is 31.2 Å². The Labute approximate surface area is 210 Å². The van der Waals surface area contributed by atoms with E-state index in [-0.39, 0.29) is 0 Å². The van der Waals surface area contributed by atoms with Gasteiger partial charge in [-0.1, -0.05) is 30.7 Å². The molecule has 4 amide bonds. The Hall–Kier alpha value is -3.30. The second-order valence-corrected chi connectivity index (χ2v) is 9.24. The molecular formula is C25H30ClN5O4. The quantitative estimate of drug-likeness (QED) is 0.569. The summed E-state index contributed by atoms with van der Waals surface area (Å²) < 4.78 is 5.16. The lowest BCUT2D eigenvalue weighted by Gasteiger charge is -2.36. The Kier molecular flexibility index (Phi) is 7.18. The highest BCUT2D eigenvalue weighted by Crippen LogP contribution is 2.32. The first-order chi connectivity index (χ1) is 16.7. The molecule has 1 atom stereocenters. The molecule has 2 fully saturated rings. The number of ether oxygens (including phenoxy) is 1. The molecule has 0 saturated carbocycles. The van der Waals surface area contributed by atoms with Crippen LogP contribution < -0.4 is 20.3 Å². The number of amides is 4. The minimum Gasteiger partial charge on any atom is -0.497 e. The van der Waals surface area contributed by atoms with Gasteiger partial charge in [0.15, 0.2) is 0 Å². The standard InChI is InChI=1S/C25H30ClN5O4/c1-4-29-11-13-30(14-12-29)21-10-7-18(26)15-20(21)27-22(32)16-31-23(33)25(2,28-24(31)34)17-5-8-19(35-3)9-6-17/h5-10,15H,4,11-14,16H2,1-3H3,(H,27,32)(H,28,34). The fourth-order valence-corrected chi connectivity index (χ4v) is 4.66. The van der Waals surface area contributed by atoms with E-state index in [1.165, 1.54) is 0 Å². The molecule has 2 heterocycles. The van der Waals surface area contributed by atoms with Gasteiger partial charge in [0.2, 0.25) is 5.91 Å². The number of anilines is 2. The number of carbonyl (C=O) groups excluding carboxylic acids is 3. The second-order valence-electron chi connectivity index (χ2n) is 8.81. The predicted molar refractivity (Wildman–Crippen MR) is 135 cm³/mol. The van der Waals surface area contributed by atoms with E-state index in [0.717, 1.165) is 43.3 Å². The molecule has 0 aromatic heterocycles. The smallest absolute Gasteiger partial charge is 0.325 e. The molecule has 10 heteroatoms. The summed E-state index contributed by atoms with van der Waals surface area (Å²) in [6.45, 7) is 7.86. The third kappa shape index (κ3) is 5.06. The van der Waals surface area contributed by atoms with Crippen molar-refractivity contribution in [3.05, 3.63) is 53.1 Å². The average molecular weight is 500 g/mol. The maximum Gasteiger partial charge on any atom is 0.325 e. The lowest BCUT2D eigenvalue weighted by atomic mass is 9.92. The lowest BCUT2D eigenvalue weighted by molar-refractivity contribution is -0.133. The zero-order chi connectivity index (χ0) is 25.2. The van der Waals surface area contributed by atoms with Gasteiger partial charge in [-0.2, -0.15) is 0 Å². The molecular weight excluding hydrogens is 470 g/mol. The summed E-state index contributed by atoms with van der Waals surface area (Å²) >= 11 is 6.21. The first-order valence-electron chi connectivity index (χ1n) is 11.6. The molecule has 0 spiro atoms. The summed E-state index contributed by atoms with van der Waals surface area (Å²) in [5.74, 6) is -0.341. The molecule has 2 aliphatic heterocycles. The number of hydrogen-bond acceptors (Lipinski definition) is 6. The molecule has 2 aliphatic rings. The SMILES string of the molecule is CCN1CCN(c2ccc(Cl)cc2NC(=O)CN2C(=O)NC(C)(c3ccc(OC)cc3)C2=O)CC1. The number of urea groups is 1. The summed E-state index contributed by atoms with van der Waals surface area (Å²) in [6.07, 6.45) is 0. The Bertz CT molecular complexity index is 1120. The summed E-state index contributed by atoms with van der Waals surface area (Å²) in [6, 6.07) is 11.6. The van der Waals surface area contributed by atoms with Crippen molar-refractivity contribution in [1.29, 1.82) is 0 Å². The van der Waals surface area contributed by atoms with Crippen LogP contribution in [0.25, 0.3) is 0 Å². The number of hydrogen-bond donors (Lipinski definition) is 2. The summed E-state index contributed by atoms with van der Waals surface area (Å²) in [7, 11) is 1.55. The molecule has 1 unspecified atom stereocenters. The Morgan fingerprint density at radius 2 is 1.80 bits per heavy atom. The van der Waals surface area contributed by atoms with Gasteiger partial charge in [0.05, 0.1) is 18.5 Å². The average Bonchev–Trinajstić information content (AvgIpc) is 3.08. The van der Waals surface area contributed by atoms with Crippen molar-refractivity contribution in [3.8, 4) is 5.75 Å². The van der Waals surface area contributed by atoms with Crippen LogP contribution in [0, 0.1) is 0 Å². The number of nitrogens with zero attached hydrogens (tertiary/aromatic N) is 3. The predicted octanol–water partition coefficient (Wildman–Crippen LogP) is 2.90. The summed E-state index contributed by atoms with van der Waals surface area (Å²) in [5.41, 5.74) is 0.739. The van der Waals surface area contributed by atoms with Gasteiger partial charge in [-0.15, -0.1) is 0 Å². The molecule has 2 saturated heterocycles. The fourth-order valence-electron chi connectivity index (χ4n) is 4.48. The first kappa shape index (κ1) is 24.8. The molecule has 0 bridgehead atoms.